The minimum Gasteiger partial charge on any atom is -0.495 e. The fraction of sp³-hybridized carbons (Fsp3) is 0.111. The van der Waals surface area contributed by atoms with Crippen molar-refractivity contribution in [1.82, 2.24) is 0 Å². The smallest absolute Gasteiger partial charge is 0.331 e. The molecule has 5 nitrogen and oxygen atoms in total. The van der Waals surface area contributed by atoms with E-state index in [1.54, 1.807) is 30.3 Å². The van der Waals surface area contributed by atoms with Crippen LogP contribution in [0.25, 0.3) is 6.08 Å². The van der Waals surface area contributed by atoms with Crippen molar-refractivity contribution >= 4 is 58.4 Å². The number of rotatable bonds is 6. The first-order valence-corrected chi connectivity index (χ1v) is 8.45. The van der Waals surface area contributed by atoms with E-state index in [9.17, 15) is 9.59 Å². The van der Waals surface area contributed by atoms with E-state index in [1.165, 1.54) is 25.3 Å². The Labute approximate surface area is 165 Å². The molecular weight excluding hydrogens is 401 g/mol. The minimum absolute atomic E-state index is 0.372. The number of halogens is 3. The van der Waals surface area contributed by atoms with Crippen molar-refractivity contribution in [2.24, 2.45) is 0 Å². The van der Waals surface area contributed by atoms with Gasteiger partial charge in [0.05, 0.1) is 22.8 Å². The molecule has 0 aliphatic carbocycles. The van der Waals surface area contributed by atoms with Crippen molar-refractivity contribution in [1.29, 1.82) is 0 Å². The van der Waals surface area contributed by atoms with Crippen LogP contribution in [0.4, 0.5) is 5.69 Å². The third-order valence-electron chi connectivity index (χ3n) is 3.14. The third kappa shape index (κ3) is 5.95. The van der Waals surface area contributed by atoms with Gasteiger partial charge >= 0.3 is 5.97 Å². The summed E-state index contributed by atoms with van der Waals surface area (Å²) in [6.45, 7) is -0.458. The molecule has 0 heterocycles. The fourth-order valence-electron chi connectivity index (χ4n) is 1.93. The van der Waals surface area contributed by atoms with E-state index < -0.39 is 18.5 Å². The topological polar surface area (TPSA) is 64.6 Å². The van der Waals surface area contributed by atoms with Gasteiger partial charge in [-0.2, -0.15) is 0 Å². The Morgan fingerprint density at radius 3 is 2.54 bits per heavy atom. The first-order chi connectivity index (χ1) is 12.4. The summed E-state index contributed by atoms with van der Waals surface area (Å²) in [5, 5.41) is 3.78. The van der Waals surface area contributed by atoms with E-state index in [0.717, 1.165) is 0 Å². The van der Waals surface area contributed by atoms with Gasteiger partial charge in [-0.3, -0.25) is 4.79 Å². The van der Waals surface area contributed by atoms with Crippen LogP contribution in [0.3, 0.4) is 0 Å². The van der Waals surface area contributed by atoms with Crippen LogP contribution in [0.15, 0.2) is 42.5 Å². The highest BCUT2D eigenvalue weighted by Crippen LogP contribution is 2.27. The van der Waals surface area contributed by atoms with Crippen molar-refractivity contribution in [2.45, 2.75) is 0 Å². The molecule has 1 amide bonds. The molecule has 0 saturated carbocycles. The summed E-state index contributed by atoms with van der Waals surface area (Å²) in [5.41, 5.74) is 1.05. The van der Waals surface area contributed by atoms with Crippen LogP contribution in [0.5, 0.6) is 5.75 Å². The maximum Gasteiger partial charge on any atom is 0.331 e. The molecule has 1 N–H and O–H groups in total. The summed E-state index contributed by atoms with van der Waals surface area (Å²) in [6, 6.07) is 9.68. The van der Waals surface area contributed by atoms with Gasteiger partial charge < -0.3 is 14.8 Å². The number of ether oxygens (including phenoxy) is 2. The predicted octanol–water partition coefficient (Wildman–Crippen LogP) is 4.85. The van der Waals surface area contributed by atoms with Gasteiger partial charge in [0.1, 0.15) is 5.75 Å². The van der Waals surface area contributed by atoms with Crippen LogP contribution < -0.4 is 10.1 Å². The molecule has 2 aromatic carbocycles. The van der Waals surface area contributed by atoms with Crippen molar-refractivity contribution in [3.63, 3.8) is 0 Å². The zero-order valence-electron chi connectivity index (χ0n) is 13.6. The monoisotopic (exact) mass is 413 g/mol. The van der Waals surface area contributed by atoms with Gasteiger partial charge in [-0.25, -0.2) is 4.79 Å². The highest BCUT2D eigenvalue weighted by atomic mass is 35.5. The largest absolute Gasteiger partial charge is 0.495 e. The highest BCUT2D eigenvalue weighted by molar-refractivity contribution is 6.42. The molecule has 0 atom stereocenters. The molecule has 0 fully saturated rings. The number of amides is 1. The Kier molecular flexibility index (Phi) is 7.33. The lowest BCUT2D eigenvalue weighted by Crippen LogP contribution is -2.20. The summed E-state index contributed by atoms with van der Waals surface area (Å²) < 4.78 is 10.0. The predicted molar refractivity (Wildman–Crippen MR) is 103 cm³/mol. The molecule has 136 valence electrons. The number of nitrogens with one attached hydrogen (secondary N) is 1. The van der Waals surface area contributed by atoms with E-state index in [-0.39, 0.29) is 0 Å². The zero-order valence-corrected chi connectivity index (χ0v) is 15.9. The van der Waals surface area contributed by atoms with Crippen LogP contribution in [-0.4, -0.2) is 25.6 Å². The molecule has 0 unspecified atom stereocenters. The van der Waals surface area contributed by atoms with Crippen molar-refractivity contribution in [3.8, 4) is 5.75 Å². The van der Waals surface area contributed by atoms with Crippen LogP contribution in [0, 0.1) is 0 Å². The number of benzene rings is 2. The van der Waals surface area contributed by atoms with Gasteiger partial charge in [0, 0.05) is 11.1 Å². The molecule has 0 aliphatic rings. The Morgan fingerprint density at radius 2 is 1.85 bits per heavy atom. The maximum absolute atomic E-state index is 11.9. The van der Waals surface area contributed by atoms with E-state index >= 15 is 0 Å². The Balaban J connectivity index is 1.88. The number of carbonyl (C=O) groups excluding carboxylic acids is 2. The van der Waals surface area contributed by atoms with Crippen LogP contribution in [0.2, 0.25) is 15.1 Å². The summed E-state index contributed by atoms with van der Waals surface area (Å²) in [4.78, 5) is 23.6. The first kappa shape index (κ1) is 20.1. The number of hydrogen-bond donors (Lipinski definition) is 1. The van der Waals surface area contributed by atoms with Gasteiger partial charge in [-0.05, 0) is 42.0 Å². The average molecular weight is 415 g/mol. The standard InChI is InChI=1S/C18H14Cl3NO4/c1-25-16-6-4-12(19)9-15(16)22-17(23)10-26-18(24)7-3-11-2-5-13(20)14(21)8-11/h2-9H,10H2,1H3,(H,22,23)/b7-3+. The summed E-state index contributed by atoms with van der Waals surface area (Å²) in [7, 11) is 1.47. The van der Waals surface area contributed by atoms with E-state index in [0.29, 0.717) is 32.1 Å². The fourth-order valence-corrected chi connectivity index (χ4v) is 2.41. The molecule has 2 rings (SSSR count). The maximum atomic E-state index is 11.9. The number of methoxy groups -OCH3 is 1. The number of esters is 1. The molecular formula is C18H14Cl3NO4. The molecule has 26 heavy (non-hydrogen) atoms. The van der Waals surface area contributed by atoms with Gasteiger partial charge in [0.25, 0.3) is 5.91 Å². The first-order valence-electron chi connectivity index (χ1n) is 7.32. The highest BCUT2D eigenvalue weighted by Gasteiger charge is 2.10. The lowest BCUT2D eigenvalue weighted by molar-refractivity contribution is -0.142. The second-order valence-electron chi connectivity index (χ2n) is 5.01. The van der Waals surface area contributed by atoms with E-state index in [2.05, 4.69) is 5.32 Å². The van der Waals surface area contributed by atoms with Crippen LogP contribution in [0.1, 0.15) is 5.56 Å². The molecule has 0 spiro atoms. The summed E-state index contributed by atoms with van der Waals surface area (Å²) in [6.07, 6.45) is 2.69. The normalized spacial score (nSPS) is 10.6. The SMILES string of the molecule is COc1ccc(Cl)cc1NC(=O)COC(=O)/C=C/c1ccc(Cl)c(Cl)c1. The second kappa shape index (κ2) is 9.48. The number of hydrogen-bond acceptors (Lipinski definition) is 4. The molecule has 0 aromatic heterocycles. The van der Waals surface area contributed by atoms with Gasteiger partial charge in [0.15, 0.2) is 6.61 Å². The van der Waals surface area contributed by atoms with Crippen LogP contribution >= 0.6 is 34.8 Å². The molecule has 0 aliphatic heterocycles. The van der Waals surface area contributed by atoms with E-state index in [4.69, 9.17) is 44.3 Å². The van der Waals surface area contributed by atoms with Crippen molar-refractivity contribution in [3.05, 3.63) is 63.1 Å². The zero-order chi connectivity index (χ0) is 19.1. The quantitative estimate of drug-likeness (QED) is 0.542. The summed E-state index contributed by atoms with van der Waals surface area (Å²) in [5.74, 6) is -0.764. The average Bonchev–Trinajstić information content (AvgIpc) is 2.61. The van der Waals surface area contributed by atoms with Crippen LogP contribution in [-0.2, 0) is 14.3 Å². The summed E-state index contributed by atoms with van der Waals surface area (Å²) >= 11 is 17.6. The number of anilines is 1. The molecule has 8 heteroatoms. The molecule has 0 radical (unpaired) electrons. The van der Waals surface area contributed by atoms with Crippen molar-refractivity contribution in [2.75, 3.05) is 19.0 Å². The lowest BCUT2D eigenvalue weighted by Gasteiger charge is -2.10. The lowest BCUT2D eigenvalue weighted by atomic mass is 10.2. The minimum atomic E-state index is -0.677. The molecule has 0 bridgehead atoms. The van der Waals surface area contributed by atoms with Gasteiger partial charge in [-0.1, -0.05) is 40.9 Å². The Hall–Kier alpha value is -2.21. The van der Waals surface area contributed by atoms with Gasteiger partial charge in [0.2, 0.25) is 0 Å². The number of carbonyl (C=O) groups is 2. The van der Waals surface area contributed by atoms with E-state index in [1.807, 2.05) is 0 Å². The Morgan fingerprint density at radius 1 is 1.08 bits per heavy atom. The Bertz CT molecular complexity index is 852. The molecule has 0 saturated heterocycles. The van der Waals surface area contributed by atoms with Crippen molar-refractivity contribution < 1.29 is 19.1 Å². The second-order valence-corrected chi connectivity index (χ2v) is 6.26. The van der Waals surface area contributed by atoms with Gasteiger partial charge in [-0.15, -0.1) is 0 Å². The third-order valence-corrected chi connectivity index (χ3v) is 4.11. The molecule has 2 aromatic rings.